The molecule has 0 saturated carbocycles. The summed E-state index contributed by atoms with van der Waals surface area (Å²) < 4.78 is 5.74. The van der Waals surface area contributed by atoms with Crippen molar-refractivity contribution in [3.63, 3.8) is 0 Å². The first-order chi connectivity index (χ1) is 11.5. The Labute approximate surface area is 142 Å². The predicted octanol–water partition coefficient (Wildman–Crippen LogP) is 1.27. The number of ether oxygens (including phenoxy) is 1. The van der Waals surface area contributed by atoms with Crippen LogP contribution in [-0.4, -0.2) is 61.6 Å². The van der Waals surface area contributed by atoms with E-state index in [1.54, 1.807) is 44.4 Å². The molecule has 2 rings (SSSR count). The summed E-state index contributed by atoms with van der Waals surface area (Å²) in [6.07, 6.45) is 4.33. The second-order valence-electron chi connectivity index (χ2n) is 6.04. The van der Waals surface area contributed by atoms with Gasteiger partial charge in [-0.3, -0.25) is 9.59 Å². The summed E-state index contributed by atoms with van der Waals surface area (Å²) in [5, 5.41) is 5.58. The molecule has 1 aliphatic heterocycles. The fourth-order valence-electron chi connectivity index (χ4n) is 3.16. The van der Waals surface area contributed by atoms with Crippen molar-refractivity contribution in [2.75, 3.05) is 39.6 Å². The topological polar surface area (TPSA) is 83.6 Å². The van der Waals surface area contributed by atoms with Crippen LogP contribution < -0.4 is 10.6 Å². The summed E-state index contributed by atoms with van der Waals surface area (Å²) in [4.78, 5) is 30.5. The molecule has 1 atom stereocenters. The van der Waals surface area contributed by atoms with Crippen LogP contribution in [0.1, 0.15) is 36.0 Å². The van der Waals surface area contributed by atoms with Crippen LogP contribution in [0.25, 0.3) is 0 Å². The van der Waals surface area contributed by atoms with Crippen molar-refractivity contribution in [2.45, 2.75) is 31.3 Å². The summed E-state index contributed by atoms with van der Waals surface area (Å²) >= 11 is 0. The van der Waals surface area contributed by atoms with Gasteiger partial charge in [0.25, 0.3) is 5.91 Å². The molecule has 132 valence electrons. The second kappa shape index (κ2) is 8.10. The van der Waals surface area contributed by atoms with Crippen molar-refractivity contribution < 1.29 is 14.3 Å². The largest absolute Gasteiger partial charge is 0.376 e. The van der Waals surface area contributed by atoms with E-state index in [4.69, 9.17) is 4.74 Å². The van der Waals surface area contributed by atoms with E-state index < -0.39 is 5.60 Å². The molecule has 0 unspecified atom stereocenters. The molecule has 0 aromatic carbocycles. The number of nitrogens with zero attached hydrogens (tertiary/aromatic N) is 2. The maximum atomic E-state index is 12.9. The van der Waals surface area contributed by atoms with Crippen LogP contribution in [0.3, 0.4) is 0 Å². The standard InChI is InChI=1S/C17H26N4O3/c1-18-14(22)7-9-17(24-3)8-5-11-21(12-17)16(23)13-6-4-10-20-15(13)19-2/h4,6,10H,5,7-9,11-12H2,1-3H3,(H,18,22)(H,19,20)/t17-/m1/s1. The number of amides is 2. The van der Waals surface area contributed by atoms with Crippen molar-refractivity contribution in [3.05, 3.63) is 23.9 Å². The Morgan fingerprint density at radius 2 is 2.21 bits per heavy atom. The molecular formula is C17H26N4O3. The first kappa shape index (κ1) is 18.2. The zero-order chi connectivity index (χ0) is 17.6. The number of pyridine rings is 1. The molecule has 7 heteroatoms. The highest BCUT2D eigenvalue weighted by molar-refractivity contribution is 5.98. The predicted molar refractivity (Wildman–Crippen MR) is 92.0 cm³/mol. The number of piperidine rings is 1. The number of anilines is 1. The lowest BCUT2D eigenvalue weighted by Crippen LogP contribution is -2.51. The quantitative estimate of drug-likeness (QED) is 0.818. The van der Waals surface area contributed by atoms with Crippen molar-refractivity contribution in [1.82, 2.24) is 15.2 Å². The third-order valence-electron chi connectivity index (χ3n) is 4.62. The summed E-state index contributed by atoms with van der Waals surface area (Å²) in [6, 6.07) is 3.53. The molecule has 2 heterocycles. The highest BCUT2D eigenvalue weighted by Gasteiger charge is 2.38. The lowest BCUT2D eigenvalue weighted by Gasteiger charge is -2.42. The number of rotatable bonds is 6. The first-order valence-electron chi connectivity index (χ1n) is 8.23. The van der Waals surface area contributed by atoms with Gasteiger partial charge in [-0.2, -0.15) is 0 Å². The maximum absolute atomic E-state index is 12.9. The number of methoxy groups -OCH3 is 1. The van der Waals surface area contributed by atoms with Gasteiger partial charge in [0, 0.05) is 46.9 Å². The third kappa shape index (κ3) is 4.03. The molecule has 0 aliphatic carbocycles. The zero-order valence-electron chi connectivity index (χ0n) is 14.6. The van der Waals surface area contributed by atoms with E-state index in [1.165, 1.54) is 0 Å². The van der Waals surface area contributed by atoms with E-state index in [1.807, 2.05) is 0 Å². The Balaban J connectivity index is 2.13. The van der Waals surface area contributed by atoms with Gasteiger partial charge in [0.1, 0.15) is 5.82 Å². The van der Waals surface area contributed by atoms with Crippen LogP contribution >= 0.6 is 0 Å². The summed E-state index contributed by atoms with van der Waals surface area (Å²) in [5.41, 5.74) is 0.0841. The summed E-state index contributed by atoms with van der Waals surface area (Å²) in [5.74, 6) is 0.495. The smallest absolute Gasteiger partial charge is 0.257 e. The number of carbonyl (C=O) groups excluding carboxylic acids is 2. The molecule has 2 amide bonds. The number of hydrogen-bond acceptors (Lipinski definition) is 5. The van der Waals surface area contributed by atoms with Gasteiger partial charge in [-0.25, -0.2) is 4.98 Å². The molecule has 1 saturated heterocycles. The minimum Gasteiger partial charge on any atom is -0.376 e. The molecule has 0 bridgehead atoms. The molecule has 2 N–H and O–H groups in total. The van der Waals surface area contributed by atoms with Gasteiger partial charge in [-0.05, 0) is 31.4 Å². The van der Waals surface area contributed by atoms with Gasteiger partial charge < -0.3 is 20.3 Å². The highest BCUT2D eigenvalue weighted by Crippen LogP contribution is 2.30. The Bertz CT molecular complexity index is 593. The van der Waals surface area contributed by atoms with E-state index >= 15 is 0 Å². The lowest BCUT2D eigenvalue weighted by atomic mass is 9.87. The fraction of sp³-hybridized carbons (Fsp3) is 0.588. The van der Waals surface area contributed by atoms with E-state index in [-0.39, 0.29) is 11.8 Å². The van der Waals surface area contributed by atoms with E-state index in [9.17, 15) is 9.59 Å². The molecule has 0 radical (unpaired) electrons. The third-order valence-corrected chi connectivity index (χ3v) is 4.62. The molecule has 1 fully saturated rings. The molecule has 7 nitrogen and oxygen atoms in total. The van der Waals surface area contributed by atoms with Crippen molar-refractivity contribution in [1.29, 1.82) is 0 Å². The Hall–Kier alpha value is -2.15. The van der Waals surface area contributed by atoms with Gasteiger partial charge in [0.05, 0.1) is 11.2 Å². The van der Waals surface area contributed by atoms with Crippen molar-refractivity contribution in [2.24, 2.45) is 0 Å². The minimum atomic E-state index is -0.470. The average molecular weight is 334 g/mol. The lowest BCUT2D eigenvalue weighted by molar-refractivity contribution is -0.123. The average Bonchev–Trinajstić information content (AvgIpc) is 2.65. The zero-order valence-corrected chi connectivity index (χ0v) is 14.6. The van der Waals surface area contributed by atoms with E-state index in [0.29, 0.717) is 37.3 Å². The van der Waals surface area contributed by atoms with Crippen LogP contribution in [0.4, 0.5) is 5.82 Å². The number of likely N-dealkylation sites (tertiary alicyclic amines) is 1. The Morgan fingerprint density at radius 1 is 1.42 bits per heavy atom. The molecule has 1 aromatic rings. The van der Waals surface area contributed by atoms with Crippen molar-refractivity contribution in [3.8, 4) is 0 Å². The number of aromatic nitrogens is 1. The van der Waals surface area contributed by atoms with E-state index in [0.717, 1.165) is 12.8 Å². The molecule has 0 spiro atoms. The molecule has 1 aromatic heterocycles. The van der Waals surface area contributed by atoms with Gasteiger partial charge in [0.15, 0.2) is 0 Å². The van der Waals surface area contributed by atoms with Crippen LogP contribution in [0.15, 0.2) is 18.3 Å². The molecule has 1 aliphatic rings. The van der Waals surface area contributed by atoms with Gasteiger partial charge in [0.2, 0.25) is 5.91 Å². The number of carbonyl (C=O) groups is 2. The highest BCUT2D eigenvalue weighted by atomic mass is 16.5. The number of nitrogens with one attached hydrogen (secondary N) is 2. The van der Waals surface area contributed by atoms with E-state index in [2.05, 4.69) is 15.6 Å². The Kier molecular flexibility index (Phi) is 6.14. The molecular weight excluding hydrogens is 308 g/mol. The van der Waals surface area contributed by atoms with Crippen molar-refractivity contribution >= 4 is 17.6 Å². The fourth-order valence-corrected chi connectivity index (χ4v) is 3.16. The van der Waals surface area contributed by atoms with Crippen LogP contribution in [0.2, 0.25) is 0 Å². The first-order valence-corrected chi connectivity index (χ1v) is 8.23. The summed E-state index contributed by atoms with van der Waals surface area (Å²) in [7, 11) is 5.03. The van der Waals surface area contributed by atoms with Gasteiger partial charge in [-0.1, -0.05) is 0 Å². The van der Waals surface area contributed by atoms with Crippen LogP contribution in [-0.2, 0) is 9.53 Å². The summed E-state index contributed by atoms with van der Waals surface area (Å²) in [6.45, 7) is 1.17. The SMILES string of the molecule is CNC(=O)CC[C@]1(OC)CCCN(C(=O)c2cccnc2NC)C1. The van der Waals surface area contributed by atoms with Gasteiger partial charge in [-0.15, -0.1) is 0 Å². The van der Waals surface area contributed by atoms with Gasteiger partial charge >= 0.3 is 0 Å². The maximum Gasteiger partial charge on any atom is 0.257 e. The second-order valence-corrected chi connectivity index (χ2v) is 6.04. The van der Waals surface area contributed by atoms with Crippen LogP contribution in [0, 0.1) is 0 Å². The minimum absolute atomic E-state index is 0.0143. The monoisotopic (exact) mass is 334 g/mol. The van der Waals surface area contributed by atoms with Crippen LogP contribution in [0.5, 0.6) is 0 Å². The normalized spacial score (nSPS) is 20.5. The number of hydrogen-bond donors (Lipinski definition) is 2. The Morgan fingerprint density at radius 3 is 2.88 bits per heavy atom. The molecule has 24 heavy (non-hydrogen) atoms.